The first-order valence-electron chi connectivity index (χ1n) is 14.5. The normalized spacial score (nSPS) is 19.6. The van der Waals surface area contributed by atoms with Crippen molar-refractivity contribution >= 4 is 37.5 Å². The summed E-state index contributed by atoms with van der Waals surface area (Å²) in [6, 6.07) is 14.0. The van der Waals surface area contributed by atoms with Gasteiger partial charge in [0.05, 0.1) is 45.7 Å². The molecule has 0 spiro atoms. The second-order valence-corrected chi connectivity index (χ2v) is 15.0. The van der Waals surface area contributed by atoms with Gasteiger partial charge >= 0.3 is 0 Å². The fourth-order valence-corrected chi connectivity index (χ4v) is 7.76. The number of hydrogen-bond acceptors (Lipinski definition) is 7. The van der Waals surface area contributed by atoms with E-state index in [9.17, 15) is 8.42 Å². The molecule has 2 atom stereocenters. The second kappa shape index (κ2) is 11.8. The van der Waals surface area contributed by atoms with Gasteiger partial charge in [-0.25, -0.2) is 17.5 Å². The van der Waals surface area contributed by atoms with Crippen molar-refractivity contribution in [2.75, 3.05) is 12.4 Å². The maximum atomic E-state index is 16.0. The van der Waals surface area contributed by atoms with Crippen LogP contribution in [0.15, 0.2) is 70.3 Å². The van der Waals surface area contributed by atoms with E-state index in [1.807, 2.05) is 49.7 Å². The number of aromatic nitrogens is 3. The highest BCUT2D eigenvalue weighted by Crippen LogP contribution is 2.41. The van der Waals surface area contributed by atoms with Crippen LogP contribution in [0, 0.1) is 5.82 Å². The summed E-state index contributed by atoms with van der Waals surface area (Å²) >= 11 is 3.52. The Balaban J connectivity index is 1.22. The van der Waals surface area contributed by atoms with Crippen LogP contribution in [0.1, 0.15) is 62.8 Å². The van der Waals surface area contributed by atoms with Crippen LogP contribution in [0.5, 0.6) is 11.5 Å². The molecule has 1 aliphatic carbocycles. The van der Waals surface area contributed by atoms with Gasteiger partial charge in [0.15, 0.2) is 11.6 Å². The summed E-state index contributed by atoms with van der Waals surface area (Å²) in [5, 5.41) is 8.19. The molecule has 1 aliphatic heterocycles. The van der Waals surface area contributed by atoms with E-state index in [0.717, 1.165) is 40.7 Å². The summed E-state index contributed by atoms with van der Waals surface area (Å²) in [6.45, 7) is 6.20. The zero-order chi connectivity index (χ0) is 31.2. The number of nitrogens with zero attached hydrogens (tertiary/aromatic N) is 4. The molecule has 2 aliphatic rings. The first-order valence-corrected chi connectivity index (χ1v) is 16.8. The van der Waals surface area contributed by atoms with Gasteiger partial charge in [0.25, 0.3) is 0 Å². The van der Waals surface area contributed by atoms with E-state index in [1.165, 1.54) is 16.4 Å². The maximum Gasteiger partial charge on any atom is 0.244 e. The van der Waals surface area contributed by atoms with Crippen molar-refractivity contribution in [3.05, 3.63) is 88.0 Å². The fraction of sp³-hybridized carbons (Fsp3) is 0.375. The third-order valence-electron chi connectivity index (χ3n) is 8.13. The van der Waals surface area contributed by atoms with E-state index < -0.39 is 15.8 Å². The van der Waals surface area contributed by atoms with E-state index in [0.29, 0.717) is 11.6 Å². The van der Waals surface area contributed by atoms with Crippen LogP contribution in [0.2, 0.25) is 0 Å². The summed E-state index contributed by atoms with van der Waals surface area (Å²) < 4.78 is 58.1. The minimum absolute atomic E-state index is 0.00340. The Kier molecular flexibility index (Phi) is 8.18. The summed E-state index contributed by atoms with van der Waals surface area (Å²) in [5.41, 5.74) is 1.67. The minimum Gasteiger partial charge on any atom is -0.497 e. The summed E-state index contributed by atoms with van der Waals surface area (Å²) in [6.07, 6.45) is 6.06. The molecule has 44 heavy (non-hydrogen) atoms. The Hall–Kier alpha value is -3.48. The lowest BCUT2D eigenvalue weighted by molar-refractivity contribution is 0.205. The average molecular weight is 685 g/mol. The van der Waals surface area contributed by atoms with Crippen molar-refractivity contribution in [1.29, 1.82) is 0 Å². The Morgan fingerprint density at radius 3 is 2.59 bits per heavy atom. The van der Waals surface area contributed by atoms with Gasteiger partial charge in [-0.3, -0.25) is 4.98 Å². The molecule has 0 unspecified atom stereocenters. The van der Waals surface area contributed by atoms with Gasteiger partial charge < -0.3 is 14.8 Å². The molecule has 12 heteroatoms. The van der Waals surface area contributed by atoms with Gasteiger partial charge in [-0.15, -0.1) is 0 Å². The van der Waals surface area contributed by atoms with Gasteiger partial charge in [-0.2, -0.15) is 9.40 Å². The monoisotopic (exact) mass is 683 g/mol. The zero-order valence-corrected chi connectivity index (χ0v) is 27.5. The third-order valence-corrected chi connectivity index (χ3v) is 10.7. The number of anilines is 2. The highest BCUT2D eigenvalue weighted by Gasteiger charge is 2.38. The van der Waals surface area contributed by atoms with Gasteiger partial charge in [0.1, 0.15) is 11.6 Å². The summed E-state index contributed by atoms with van der Waals surface area (Å²) in [7, 11) is -2.27. The number of ether oxygens (including phenoxy) is 2. The Morgan fingerprint density at radius 2 is 1.89 bits per heavy atom. The number of benzene rings is 2. The quantitative estimate of drug-likeness (QED) is 0.211. The predicted octanol–water partition coefficient (Wildman–Crippen LogP) is 7.11. The molecule has 0 bridgehead atoms. The van der Waals surface area contributed by atoms with Crippen LogP contribution >= 0.6 is 15.9 Å². The number of nitrogens with one attached hydrogen (secondary N) is 1. The van der Waals surface area contributed by atoms with Crippen LogP contribution in [-0.4, -0.2) is 40.7 Å². The average Bonchev–Trinajstić information content (AvgIpc) is 3.69. The zero-order valence-electron chi connectivity index (χ0n) is 25.0. The lowest BCUT2D eigenvalue weighted by atomic mass is 10.0. The molecule has 0 radical (unpaired) electrons. The Morgan fingerprint density at radius 1 is 1.11 bits per heavy atom. The van der Waals surface area contributed by atoms with Crippen LogP contribution < -0.4 is 14.8 Å². The fourth-order valence-electron chi connectivity index (χ4n) is 5.85. The SMILES string of the molecule is COc1ccc(CN2Cc3c(ccc(Nc4cc([C@H]5CC[C@@H](Oc6cnccc6Br)C5)nn4C(C)(C)C)c3F)S2(=O)=O)cc1. The number of fused-ring (bicyclic) bond motifs is 1. The Bertz CT molecular complexity index is 1790. The van der Waals surface area contributed by atoms with Crippen molar-refractivity contribution in [3.8, 4) is 11.5 Å². The number of pyridine rings is 1. The van der Waals surface area contributed by atoms with Gasteiger partial charge in [-0.05, 0) is 91.9 Å². The first-order chi connectivity index (χ1) is 20.9. The lowest BCUT2D eigenvalue weighted by Gasteiger charge is -2.23. The Labute approximate surface area is 265 Å². The number of halogens is 2. The maximum absolute atomic E-state index is 16.0. The lowest BCUT2D eigenvalue weighted by Crippen LogP contribution is -2.25. The molecular formula is C32H35BrFN5O4S. The minimum atomic E-state index is -3.84. The van der Waals surface area contributed by atoms with Crippen molar-refractivity contribution in [3.63, 3.8) is 0 Å². The molecule has 0 saturated heterocycles. The van der Waals surface area contributed by atoms with Crippen LogP contribution in [-0.2, 0) is 28.7 Å². The summed E-state index contributed by atoms with van der Waals surface area (Å²) in [4.78, 5) is 4.16. The standard InChI is InChI=1S/C32H35BrFN5O4S/c1-32(2,3)39-30(16-27(37-39)21-7-10-23(15-21)43-28-17-35-14-13-25(28)33)36-26-11-12-29-24(31(26)34)19-38(44(29,40)41)18-20-5-8-22(42-4)9-6-20/h5-6,8-9,11-14,16-17,21,23,36H,7,10,15,18-19H2,1-4H3/t21-,23+/m0/s1. The van der Waals surface area contributed by atoms with Crippen molar-refractivity contribution in [1.82, 2.24) is 19.1 Å². The molecule has 9 nitrogen and oxygen atoms in total. The molecule has 1 N–H and O–H groups in total. The van der Waals surface area contributed by atoms with Crippen molar-refractivity contribution in [2.24, 2.45) is 0 Å². The third kappa shape index (κ3) is 5.94. The predicted molar refractivity (Wildman–Crippen MR) is 169 cm³/mol. The van der Waals surface area contributed by atoms with Crippen LogP contribution in [0.4, 0.5) is 15.9 Å². The van der Waals surface area contributed by atoms with E-state index in [-0.39, 0.29) is 46.8 Å². The molecule has 4 aromatic rings. The van der Waals surface area contributed by atoms with Crippen molar-refractivity contribution in [2.45, 2.75) is 75.6 Å². The summed E-state index contributed by atoms with van der Waals surface area (Å²) in [5.74, 6) is 1.64. The number of rotatable bonds is 8. The van der Waals surface area contributed by atoms with Gasteiger partial charge in [0, 0.05) is 36.8 Å². The van der Waals surface area contributed by atoms with E-state index in [2.05, 4.69) is 26.2 Å². The highest BCUT2D eigenvalue weighted by molar-refractivity contribution is 9.10. The topological polar surface area (TPSA) is 98.6 Å². The molecule has 2 aromatic heterocycles. The molecule has 1 fully saturated rings. The smallest absolute Gasteiger partial charge is 0.244 e. The largest absolute Gasteiger partial charge is 0.497 e. The molecule has 2 aromatic carbocycles. The molecular weight excluding hydrogens is 649 g/mol. The van der Waals surface area contributed by atoms with Crippen molar-refractivity contribution < 1.29 is 22.3 Å². The van der Waals surface area contributed by atoms with Crippen LogP contribution in [0.3, 0.4) is 0 Å². The number of methoxy groups -OCH3 is 1. The molecule has 1 saturated carbocycles. The second-order valence-electron chi connectivity index (χ2n) is 12.2. The number of sulfonamides is 1. The van der Waals surface area contributed by atoms with Gasteiger partial charge in [0.2, 0.25) is 10.0 Å². The molecule has 3 heterocycles. The molecule has 6 rings (SSSR count). The molecule has 232 valence electrons. The van der Waals surface area contributed by atoms with E-state index in [1.54, 1.807) is 31.6 Å². The van der Waals surface area contributed by atoms with Crippen LogP contribution in [0.25, 0.3) is 0 Å². The van der Waals surface area contributed by atoms with Gasteiger partial charge in [-0.1, -0.05) is 12.1 Å². The first kappa shape index (κ1) is 30.5. The molecule has 0 amide bonds. The highest BCUT2D eigenvalue weighted by atomic mass is 79.9. The number of hydrogen-bond donors (Lipinski definition) is 1. The van der Waals surface area contributed by atoms with E-state index >= 15 is 4.39 Å². The van der Waals surface area contributed by atoms with E-state index in [4.69, 9.17) is 14.6 Å².